The third-order valence-corrected chi connectivity index (χ3v) is 5.06. The maximum absolute atomic E-state index is 12.1. The number of hydrogen-bond donors (Lipinski definition) is 2. The van der Waals surface area contributed by atoms with Gasteiger partial charge in [0.25, 0.3) is 0 Å². The molecule has 1 amide bonds. The zero-order valence-electron chi connectivity index (χ0n) is 12.8. The topological polar surface area (TPSA) is 84.8 Å². The van der Waals surface area contributed by atoms with E-state index in [9.17, 15) is 9.35 Å². The van der Waals surface area contributed by atoms with E-state index in [4.69, 9.17) is 5.11 Å². The molecule has 0 aromatic carbocycles. The van der Waals surface area contributed by atoms with Crippen molar-refractivity contribution >= 4 is 23.2 Å². The number of nitrogens with one attached hydrogen (secondary N) is 1. The van der Waals surface area contributed by atoms with E-state index in [0.717, 1.165) is 37.8 Å². The summed E-state index contributed by atoms with van der Waals surface area (Å²) in [6.07, 6.45) is 3.35. The van der Waals surface area contributed by atoms with E-state index < -0.39 is 17.5 Å². The highest BCUT2D eigenvalue weighted by molar-refractivity contribution is 7.91. The standard InChI is InChI=1S/C14H26N2O3S/c1-5-12(16-20(19)14(2,3)4)10-6-8-11(9-7-10)15-13(17)18/h10-11,15H,5-9H2,1-4H3,(H,17,18)/b16-12+/t10?,11?,20-/m0/s1. The number of amides is 1. The zero-order chi connectivity index (χ0) is 15.3. The first kappa shape index (κ1) is 17.3. The van der Waals surface area contributed by atoms with Gasteiger partial charge >= 0.3 is 6.09 Å². The Balaban J connectivity index is 2.61. The average molecular weight is 302 g/mol. The van der Waals surface area contributed by atoms with Gasteiger partial charge in [-0.15, -0.1) is 0 Å². The van der Waals surface area contributed by atoms with Crippen molar-refractivity contribution in [3.05, 3.63) is 0 Å². The Morgan fingerprint density at radius 3 is 2.30 bits per heavy atom. The molecule has 1 atom stereocenters. The molecule has 1 fully saturated rings. The molecule has 5 nitrogen and oxygen atoms in total. The fourth-order valence-corrected chi connectivity index (χ4v) is 3.18. The lowest BCUT2D eigenvalue weighted by Crippen LogP contribution is -2.38. The molecule has 1 rings (SSSR count). The van der Waals surface area contributed by atoms with Gasteiger partial charge in [-0.2, -0.15) is 0 Å². The molecule has 6 heteroatoms. The van der Waals surface area contributed by atoms with Gasteiger partial charge in [-0.3, -0.25) is 0 Å². The van der Waals surface area contributed by atoms with Crippen molar-refractivity contribution in [3.63, 3.8) is 0 Å². The Morgan fingerprint density at radius 2 is 1.90 bits per heavy atom. The van der Waals surface area contributed by atoms with Crippen LogP contribution in [0.25, 0.3) is 0 Å². The second-order valence-corrected chi connectivity index (χ2v) is 8.20. The number of rotatable bonds is 4. The highest BCUT2D eigenvalue weighted by Crippen LogP contribution is 2.28. The maximum atomic E-state index is 12.1. The minimum absolute atomic E-state index is 0.0509. The van der Waals surface area contributed by atoms with Crippen molar-refractivity contribution in [3.8, 4) is 0 Å². The van der Waals surface area contributed by atoms with E-state index in [1.807, 2.05) is 27.7 Å². The number of hydrogen-bond acceptors (Lipinski definition) is 3. The summed E-state index contributed by atoms with van der Waals surface area (Å²) in [7, 11) is 0. The van der Waals surface area contributed by atoms with Crippen molar-refractivity contribution in [1.29, 1.82) is 0 Å². The molecule has 0 saturated heterocycles. The van der Waals surface area contributed by atoms with Crippen molar-refractivity contribution < 1.29 is 14.5 Å². The summed E-state index contributed by atoms with van der Waals surface area (Å²) < 4.78 is 16.2. The van der Waals surface area contributed by atoms with Gasteiger partial charge in [-0.25, -0.2) is 4.79 Å². The molecule has 0 radical (unpaired) electrons. The van der Waals surface area contributed by atoms with Gasteiger partial charge in [0.1, 0.15) is 16.1 Å². The van der Waals surface area contributed by atoms with Gasteiger partial charge in [0.15, 0.2) is 0 Å². The molecule has 0 unspecified atom stereocenters. The molecule has 1 saturated carbocycles. The van der Waals surface area contributed by atoms with Gasteiger partial charge in [0.05, 0.1) is 5.71 Å². The highest BCUT2D eigenvalue weighted by atomic mass is 32.2. The lowest BCUT2D eigenvalue weighted by molar-refractivity contribution is 0.184. The van der Waals surface area contributed by atoms with Gasteiger partial charge in [0, 0.05) is 12.0 Å². The third-order valence-electron chi connectivity index (χ3n) is 3.61. The predicted octanol–water partition coefficient (Wildman–Crippen LogP) is 3.13. The largest absolute Gasteiger partial charge is 0.591 e. The SMILES string of the molecule is CC/C(=N\[S@@+]([O-])C(C)(C)C)C1CCC(NC(=O)O)CC1. The highest BCUT2D eigenvalue weighted by Gasteiger charge is 2.30. The van der Waals surface area contributed by atoms with E-state index in [2.05, 4.69) is 9.71 Å². The monoisotopic (exact) mass is 302 g/mol. The van der Waals surface area contributed by atoms with Crippen LogP contribution in [0, 0.1) is 5.92 Å². The van der Waals surface area contributed by atoms with Crippen LogP contribution in [0.5, 0.6) is 0 Å². The number of nitrogens with zero attached hydrogens (tertiary/aromatic N) is 1. The van der Waals surface area contributed by atoms with Crippen LogP contribution in [0.3, 0.4) is 0 Å². The molecule has 0 bridgehead atoms. The lowest BCUT2D eigenvalue weighted by atomic mass is 9.82. The van der Waals surface area contributed by atoms with Crippen molar-refractivity contribution in [2.45, 2.75) is 70.6 Å². The van der Waals surface area contributed by atoms with Crippen LogP contribution in [-0.4, -0.2) is 32.3 Å². The van der Waals surface area contributed by atoms with Gasteiger partial charge < -0.3 is 15.0 Å². The first-order valence-corrected chi connectivity index (χ1v) is 8.33. The lowest BCUT2D eigenvalue weighted by Gasteiger charge is -2.29. The van der Waals surface area contributed by atoms with Crippen LogP contribution >= 0.6 is 0 Å². The van der Waals surface area contributed by atoms with Crippen LogP contribution in [0.4, 0.5) is 4.79 Å². The van der Waals surface area contributed by atoms with Crippen molar-refractivity contribution in [2.24, 2.45) is 10.3 Å². The minimum atomic E-state index is -1.21. The Hall–Kier alpha value is -0.750. The zero-order valence-corrected chi connectivity index (χ0v) is 13.6. The van der Waals surface area contributed by atoms with Gasteiger partial charge in [-0.1, -0.05) is 11.3 Å². The second kappa shape index (κ2) is 7.31. The minimum Gasteiger partial charge on any atom is -0.591 e. The fourth-order valence-electron chi connectivity index (χ4n) is 2.42. The normalized spacial score (nSPS) is 26.1. The van der Waals surface area contributed by atoms with Crippen LogP contribution in [0.2, 0.25) is 0 Å². The van der Waals surface area contributed by atoms with Gasteiger partial charge in [0.2, 0.25) is 0 Å². The second-order valence-electron chi connectivity index (χ2n) is 6.30. The van der Waals surface area contributed by atoms with Crippen LogP contribution in [0.15, 0.2) is 4.40 Å². The molecule has 0 spiro atoms. The molecule has 20 heavy (non-hydrogen) atoms. The van der Waals surface area contributed by atoms with Gasteiger partial charge in [-0.05, 0) is 52.9 Å². The Kier molecular flexibility index (Phi) is 6.33. The molecule has 2 N–H and O–H groups in total. The van der Waals surface area contributed by atoms with Crippen LogP contribution in [0.1, 0.15) is 59.8 Å². The fraction of sp³-hybridized carbons (Fsp3) is 0.857. The number of carbonyl (C=O) groups is 1. The summed E-state index contributed by atoms with van der Waals surface area (Å²) in [4.78, 5) is 10.6. The van der Waals surface area contributed by atoms with Crippen LogP contribution < -0.4 is 5.32 Å². The van der Waals surface area contributed by atoms with E-state index in [1.54, 1.807) is 0 Å². The quantitative estimate of drug-likeness (QED) is 0.618. The predicted molar refractivity (Wildman–Crippen MR) is 82.5 cm³/mol. The molecule has 0 aromatic heterocycles. The maximum Gasteiger partial charge on any atom is 0.404 e. The van der Waals surface area contributed by atoms with Crippen molar-refractivity contribution in [2.75, 3.05) is 0 Å². The molecule has 116 valence electrons. The van der Waals surface area contributed by atoms with Crippen molar-refractivity contribution in [1.82, 2.24) is 5.32 Å². The molecule has 1 aliphatic carbocycles. The molecule has 0 aliphatic heterocycles. The first-order valence-electron chi connectivity index (χ1n) is 7.23. The molecular weight excluding hydrogens is 276 g/mol. The summed E-state index contributed by atoms with van der Waals surface area (Å²) in [5, 5.41) is 11.3. The van der Waals surface area contributed by atoms with E-state index in [-0.39, 0.29) is 10.8 Å². The van der Waals surface area contributed by atoms with Crippen LogP contribution in [-0.2, 0) is 11.4 Å². The smallest absolute Gasteiger partial charge is 0.404 e. The summed E-state index contributed by atoms with van der Waals surface area (Å²) >= 11 is -1.21. The molecule has 0 heterocycles. The van der Waals surface area contributed by atoms with E-state index >= 15 is 0 Å². The average Bonchev–Trinajstić information content (AvgIpc) is 2.35. The Morgan fingerprint density at radius 1 is 1.35 bits per heavy atom. The van der Waals surface area contributed by atoms with E-state index in [1.165, 1.54) is 0 Å². The number of carboxylic acid groups (broad SMARTS) is 1. The third kappa shape index (κ3) is 5.32. The molecule has 0 aromatic rings. The molecular formula is C14H26N2O3S. The Bertz CT molecular complexity index is 358. The summed E-state index contributed by atoms with van der Waals surface area (Å²) in [5.41, 5.74) is 1.02. The summed E-state index contributed by atoms with van der Waals surface area (Å²) in [6.45, 7) is 7.81. The Labute approximate surface area is 124 Å². The van der Waals surface area contributed by atoms with E-state index in [0.29, 0.717) is 5.92 Å². The molecule has 1 aliphatic rings. The summed E-state index contributed by atoms with van der Waals surface area (Å²) in [6, 6.07) is 0.0509. The first-order chi connectivity index (χ1) is 9.24. The summed E-state index contributed by atoms with van der Waals surface area (Å²) in [5.74, 6) is 0.346.